The molecule has 0 aliphatic heterocycles. The number of ether oxygens (including phenoxy) is 1. The van der Waals surface area contributed by atoms with Crippen LogP contribution >= 0.6 is 11.6 Å². The molecule has 0 N–H and O–H groups in total. The van der Waals surface area contributed by atoms with E-state index in [9.17, 15) is 13.2 Å². The third kappa shape index (κ3) is 4.50. The predicted molar refractivity (Wildman–Crippen MR) is 119 cm³/mol. The lowest BCUT2D eigenvalue weighted by Crippen LogP contribution is -1.98. The van der Waals surface area contributed by atoms with Gasteiger partial charge in [0.25, 0.3) is 0 Å². The molecule has 0 fully saturated rings. The Labute approximate surface area is 188 Å². The van der Waals surface area contributed by atoms with Gasteiger partial charge >= 0.3 is 0 Å². The Kier molecular flexibility index (Phi) is 6.49. The van der Waals surface area contributed by atoms with Crippen LogP contribution in [0.25, 0.3) is 21.9 Å². The summed E-state index contributed by atoms with van der Waals surface area (Å²) in [7, 11) is 1.55. The van der Waals surface area contributed by atoms with Crippen molar-refractivity contribution in [3.05, 3.63) is 106 Å². The van der Waals surface area contributed by atoms with Gasteiger partial charge in [0.15, 0.2) is 0 Å². The minimum Gasteiger partial charge on any atom is -0.380 e. The van der Waals surface area contributed by atoms with Gasteiger partial charge in [-0.15, -0.1) is 0 Å². The Balaban J connectivity index is 1.60. The van der Waals surface area contributed by atoms with E-state index in [2.05, 4.69) is 0 Å². The molecule has 4 aromatic carbocycles. The van der Waals surface area contributed by atoms with Crippen molar-refractivity contribution in [2.24, 2.45) is 0 Å². The number of fused-ring (bicyclic) bond motifs is 1. The van der Waals surface area contributed by atoms with Gasteiger partial charge in [0.2, 0.25) is 0 Å². The SMILES string of the molecule is COCc1ccc(-c2ccc3c(F)c(CCc4cc(F)c(Cl)c(F)c4)ccc3c2)c(F)c1. The van der Waals surface area contributed by atoms with Crippen LogP contribution in [-0.4, -0.2) is 7.11 Å². The van der Waals surface area contributed by atoms with E-state index < -0.39 is 22.5 Å². The Morgan fingerprint density at radius 3 is 2.16 bits per heavy atom. The fourth-order valence-corrected chi connectivity index (χ4v) is 3.89. The number of benzene rings is 4. The lowest BCUT2D eigenvalue weighted by molar-refractivity contribution is 0.184. The summed E-state index contributed by atoms with van der Waals surface area (Å²) >= 11 is 5.51. The smallest absolute Gasteiger partial charge is 0.145 e. The number of aryl methyl sites for hydroxylation is 2. The molecule has 0 aliphatic rings. The average molecular weight is 459 g/mol. The zero-order valence-corrected chi connectivity index (χ0v) is 17.9. The Morgan fingerprint density at radius 1 is 0.750 bits per heavy atom. The second-order valence-electron chi connectivity index (χ2n) is 7.60. The van der Waals surface area contributed by atoms with Crippen molar-refractivity contribution < 1.29 is 22.3 Å². The summed E-state index contributed by atoms with van der Waals surface area (Å²) in [6.07, 6.45) is 0.518. The van der Waals surface area contributed by atoms with Crippen LogP contribution in [0.5, 0.6) is 0 Å². The molecule has 0 saturated heterocycles. The molecule has 0 aliphatic carbocycles. The third-order valence-corrected chi connectivity index (χ3v) is 5.78. The van der Waals surface area contributed by atoms with Crippen LogP contribution < -0.4 is 0 Å². The molecule has 0 saturated carbocycles. The molecule has 0 unspecified atom stereocenters. The standard InChI is InChI=1S/C26H19ClF4O/c1-32-14-16-3-8-20(22(28)12-16)18-7-9-21-19(13-18)6-5-17(26(21)31)4-2-15-10-23(29)25(27)24(30)11-15/h3,5-13H,2,4,14H2,1H3. The van der Waals surface area contributed by atoms with Crippen molar-refractivity contribution in [2.45, 2.75) is 19.4 Å². The second kappa shape index (κ2) is 9.31. The first-order valence-electron chi connectivity index (χ1n) is 9.99. The number of halogens is 5. The maximum atomic E-state index is 15.1. The van der Waals surface area contributed by atoms with E-state index in [-0.39, 0.29) is 18.7 Å². The van der Waals surface area contributed by atoms with E-state index in [1.807, 2.05) is 0 Å². The number of rotatable bonds is 6. The highest BCUT2D eigenvalue weighted by molar-refractivity contribution is 6.30. The van der Waals surface area contributed by atoms with Crippen LogP contribution in [0, 0.1) is 23.3 Å². The highest BCUT2D eigenvalue weighted by Crippen LogP contribution is 2.30. The quantitative estimate of drug-likeness (QED) is 0.213. The van der Waals surface area contributed by atoms with Crippen molar-refractivity contribution in [3.8, 4) is 11.1 Å². The van der Waals surface area contributed by atoms with E-state index in [1.54, 1.807) is 49.6 Å². The number of hydrogen-bond donors (Lipinski definition) is 0. The molecule has 0 atom stereocenters. The van der Waals surface area contributed by atoms with Gasteiger partial charge in [-0.2, -0.15) is 0 Å². The van der Waals surface area contributed by atoms with Crippen LogP contribution in [0.1, 0.15) is 16.7 Å². The molecular weight excluding hydrogens is 440 g/mol. The summed E-state index contributed by atoms with van der Waals surface area (Å²) in [5.74, 6) is -2.45. The molecule has 6 heteroatoms. The lowest BCUT2D eigenvalue weighted by Gasteiger charge is -2.10. The molecular formula is C26H19ClF4O. The lowest BCUT2D eigenvalue weighted by atomic mass is 9.96. The summed E-state index contributed by atoms with van der Waals surface area (Å²) in [6.45, 7) is 0.318. The number of hydrogen-bond acceptors (Lipinski definition) is 1. The zero-order chi connectivity index (χ0) is 22.8. The van der Waals surface area contributed by atoms with E-state index in [0.717, 1.165) is 17.7 Å². The average Bonchev–Trinajstić information content (AvgIpc) is 2.77. The Hall–Kier alpha value is -2.89. The van der Waals surface area contributed by atoms with Gasteiger partial charge < -0.3 is 4.74 Å². The molecule has 4 rings (SSSR count). The van der Waals surface area contributed by atoms with Gasteiger partial charge in [0.1, 0.15) is 28.3 Å². The summed E-state index contributed by atoms with van der Waals surface area (Å²) in [6, 6.07) is 15.6. The van der Waals surface area contributed by atoms with E-state index in [1.165, 1.54) is 6.07 Å². The van der Waals surface area contributed by atoms with Crippen molar-refractivity contribution in [1.82, 2.24) is 0 Å². The van der Waals surface area contributed by atoms with Crippen molar-refractivity contribution in [1.29, 1.82) is 0 Å². The molecule has 0 spiro atoms. The fourth-order valence-electron chi connectivity index (χ4n) is 3.78. The number of methoxy groups -OCH3 is 1. The zero-order valence-electron chi connectivity index (χ0n) is 17.2. The van der Waals surface area contributed by atoms with Crippen molar-refractivity contribution in [3.63, 3.8) is 0 Å². The maximum absolute atomic E-state index is 15.1. The van der Waals surface area contributed by atoms with Crippen LogP contribution in [-0.2, 0) is 24.2 Å². The summed E-state index contributed by atoms with van der Waals surface area (Å²) in [5, 5.41) is 0.482. The molecule has 164 valence electrons. The molecule has 0 amide bonds. The van der Waals surface area contributed by atoms with E-state index in [0.29, 0.717) is 39.6 Å². The normalized spacial score (nSPS) is 11.3. The first-order valence-corrected chi connectivity index (χ1v) is 10.4. The monoisotopic (exact) mass is 458 g/mol. The van der Waals surface area contributed by atoms with Crippen molar-refractivity contribution >= 4 is 22.4 Å². The van der Waals surface area contributed by atoms with Crippen LogP contribution in [0.15, 0.2) is 60.7 Å². The Bertz CT molecular complexity index is 1280. The molecule has 0 bridgehead atoms. The molecule has 0 radical (unpaired) electrons. The molecule has 32 heavy (non-hydrogen) atoms. The van der Waals surface area contributed by atoms with Crippen molar-refractivity contribution in [2.75, 3.05) is 7.11 Å². The second-order valence-corrected chi connectivity index (χ2v) is 7.97. The van der Waals surface area contributed by atoms with Gasteiger partial charge in [0, 0.05) is 18.1 Å². The molecule has 0 aromatic heterocycles. The van der Waals surface area contributed by atoms with E-state index >= 15 is 4.39 Å². The molecule has 1 nitrogen and oxygen atoms in total. The highest BCUT2D eigenvalue weighted by atomic mass is 35.5. The van der Waals surface area contributed by atoms with Crippen LogP contribution in [0.4, 0.5) is 17.6 Å². The topological polar surface area (TPSA) is 9.23 Å². The highest BCUT2D eigenvalue weighted by Gasteiger charge is 2.13. The Morgan fingerprint density at radius 2 is 1.47 bits per heavy atom. The summed E-state index contributed by atoms with van der Waals surface area (Å²) in [5.41, 5.74) is 2.61. The molecule has 4 aromatic rings. The maximum Gasteiger partial charge on any atom is 0.145 e. The largest absolute Gasteiger partial charge is 0.380 e. The van der Waals surface area contributed by atoms with Gasteiger partial charge in [-0.25, -0.2) is 17.6 Å². The van der Waals surface area contributed by atoms with Gasteiger partial charge in [-0.3, -0.25) is 0 Å². The van der Waals surface area contributed by atoms with E-state index in [4.69, 9.17) is 16.3 Å². The van der Waals surface area contributed by atoms with Crippen LogP contribution in [0.3, 0.4) is 0 Å². The van der Waals surface area contributed by atoms with Gasteiger partial charge in [0.05, 0.1) is 6.61 Å². The minimum atomic E-state index is -0.837. The summed E-state index contributed by atoms with van der Waals surface area (Å²) in [4.78, 5) is 0. The van der Waals surface area contributed by atoms with Crippen LogP contribution in [0.2, 0.25) is 5.02 Å². The van der Waals surface area contributed by atoms with Gasteiger partial charge in [-0.1, -0.05) is 48.0 Å². The first kappa shape index (κ1) is 22.3. The molecule has 0 heterocycles. The first-order chi connectivity index (χ1) is 15.4. The van der Waals surface area contributed by atoms with Gasteiger partial charge in [-0.05, 0) is 64.7 Å². The fraction of sp³-hybridized carbons (Fsp3) is 0.154. The summed E-state index contributed by atoms with van der Waals surface area (Å²) < 4.78 is 61.9. The predicted octanol–water partition coefficient (Wildman–Crippen LogP) is 7.65. The third-order valence-electron chi connectivity index (χ3n) is 5.42. The minimum absolute atomic E-state index is 0.255.